The average molecular weight is 341 g/mol. The van der Waals surface area contributed by atoms with Crippen LogP contribution < -0.4 is 5.32 Å². The molecule has 1 rings (SSSR count). The van der Waals surface area contributed by atoms with E-state index in [4.69, 9.17) is 5.11 Å². The van der Waals surface area contributed by atoms with Crippen molar-refractivity contribution < 1.29 is 14.7 Å². The van der Waals surface area contributed by atoms with E-state index in [1.165, 1.54) is 11.0 Å². The molecule has 108 valence electrons. The van der Waals surface area contributed by atoms with Crippen LogP contribution in [0.1, 0.15) is 12.0 Å². The lowest BCUT2D eigenvalue weighted by atomic mass is 10.2. The van der Waals surface area contributed by atoms with E-state index in [1.54, 1.807) is 7.05 Å². The fraction of sp³-hybridized carbons (Fsp3) is 0.286. The van der Waals surface area contributed by atoms with Gasteiger partial charge in [-0.25, -0.2) is 9.59 Å². The lowest BCUT2D eigenvalue weighted by Gasteiger charge is -2.21. The Hall–Kier alpha value is -1.82. The molecule has 0 aromatic heterocycles. The van der Waals surface area contributed by atoms with Crippen LogP contribution in [0.15, 0.2) is 41.4 Å². The molecular weight excluding hydrogens is 324 g/mol. The highest BCUT2D eigenvalue weighted by atomic mass is 79.9. The minimum Gasteiger partial charge on any atom is -0.480 e. The van der Waals surface area contributed by atoms with Crippen molar-refractivity contribution in [1.29, 1.82) is 0 Å². The van der Waals surface area contributed by atoms with Gasteiger partial charge in [0.15, 0.2) is 0 Å². The summed E-state index contributed by atoms with van der Waals surface area (Å²) >= 11 is 3.34. The van der Waals surface area contributed by atoms with Crippen molar-refractivity contribution in [3.8, 4) is 0 Å². The molecule has 20 heavy (non-hydrogen) atoms. The van der Waals surface area contributed by atoms with Gasteiger partial charge in [0.05, 0.1) is 0 Å². The number of benzene rings is 1. The van der Waals surface area contributed by atoms with Crippen LogP contribution in [-0.4, -0.2) is 35.1 Å². The predicted molar refractivity (Wildman–Crippen MR) is 80.4 cm³/mol. The molecule has 1 unspecified atom stereocenters. The molecule has 6 heteroatoms. The Morgan fingerprint density at radius 3 is 2.55 bits per heavy atom. The van der Waals surface area contributed by atoms with Crippen molar-refractivity contribution >= 4 is 27.9 Å². The Morgan fingerprint density at radius 1 is 1.45 bits per heavy atom. The van der Waals surface area contributed by atoms with Crippen molar-refractivity contribution in [3.05, 3.63) is 47.0 Å². The van der Waals surface area contributed by atoms with Crippen LogP contribution in [-0.2, 0) is 11.3 Å². The number of aliphatic carboxylic acids is 1. The number of carboxylic acids is 1. The van der Waals surface area contributed by atoms with Gasteiger partial charge in [-0.2, -0.15) is 0 Å². The minimum absolute atomic E-state index is 0.188. The fourth-order valence-corrected chi connectivity index (χ4v) is 1.85. The number of carbonyl (C=O) groups excluding carboxylic acids is 1. The topological polar surface area (TPSA) is 69.6 Å². The van der Waals surface area contributed by atoms with Crippen molar-refractivity contribution in [2.75, 3.05) is 7.05 Å². The number of rotatable bonds is 6. The molecule has 5 nitrogen and oxygen atoms in total. The van der Waals surface area contributed by atoms with Crippen LogP contribution >= 0.6 is 15.9 Å². The first kappa shape index (κ1) is 16.2. The van der Waals surface area contributed by atoms with Crippen LogP contribution in [0.5, 0.6) is 0 Å². The summed E-state index contributed by atoms with van der Waals surface area (Å²) in [6, 6.07) is 6.19. The molecule has 0 bridgehead atoms. The van der Waals surface area contributed by atoms with Gasteiger partial charge in [-0.3, -0.25) is 0 Å². The summed E-state index contributed by atoms with van der Waals surface area (Å²) < 4.78 is 0.963. The number of carbonyl (C=O) groups is 2. The maximum Gasteiger partial charge on any atom is 0.326 e. The van der Waals surface area contributed by atoms with Crippen LogP contribution in [0.2, 0.25) is 0 Å². The van der Waals surface area contributed by atoms with E-state index in [0.29, 0.717) is 6.54 Å². The molecule has 0 heterocycles. The summed E-state index contributed by atoms with van der Waals surface area (Å²) in [4.78, 5) is 24.3. The number of amides is 2. The second-order valence-electron chi connectivity index (χ2n) is 4.35. The lowest BCUT2D eigenvalue weighted by Crippen LogP contribution is -2.46. The standard InChI is InChI=1S/C14H17BrN2O3/c1-3-4-12(13(18)19)16-14(20)17(2)9-10-5-7-11(15)8-6-10/h3,5-8,12H,1,4,9H2,2H3,(H,16,20)(H,18,19). The van der Waals surface area contributed by atoms with E-state index in [1.807, 2.05) is 24.3 Å². The SMILES string of the molecule is C=CCC(NC(=O)N(C)Cc1ccc(Br)cc1)C(=O)O. The van der Waals surface area contributed by atoms with Crippen LogP contribution in [0.25, 0.3) is 0 Å². The summed E-state index contributed by atoms with van der Waals surface area (Å²) in [6.07, 6.45) is 1.65. The second kappa shape index (κ2) is 7.69. The van der Waals surface area contributed by atoms with Gasteiger partial charge < -0.3 is 15.3 Å². The Morgan fingerprint density at radius 2 is 2.05 bits per heavy atom. The van der Waals surface area contributed by atoms with Gasteiger partial charge in [-0.05, 0) is 24.1 Å². The number of hydrogen-bond donors (Lipinski definition) is 2. The number of urea groups is 1. The summed E-state index contributed by atoms with van der Waals surface area (Å²) in [5.41, 5.74) is 0.960. The Labute approximate surface area is 126 Å². The molecular formula is C14H17BrN2O3. The molecule has 0 aliphatic carbocycles. The predicted octanol–water partition coefficient (Wildman–Crippen LogP) is 2.62. The molecule has 0 aliphatic heterocycles. The van der Waals surface area contributed by atoms with Crippen molar-refractivity contribution in [2.24, 2.45) is 0 Å². The number of nitrogens with zero attached hydrogens (tertiary/aromatic N) is 1. The van der Waals surface area contributed by atoms with Gasteiger partial charge >= 0.3 is 12.0 Å². The third-order valence-electron chi connectivity index (χ3n) is 2.68. The van der Waals surface area contributed by atoms with Crippen molar-refractivity contribution in [1.82, 2.24) is 10.2 Å². The third-order valence-corrected chi connectivity index (χ3v) is 3.21. The smallest absolute Gasteiger partial charge is 0.326 e. The van der Waals surface area contributed by atoms with Gasteiger partial charge in [-0.1, -0.05) is 34.1 Å². The number of halogens is 1. The van der Waals surface area contributed by atoms with E-state index in [-0.39, 0.29) is 6.42 Å². The maximum atomic E-state index is 11.9. The van der Waals surface area contributed by atoms with E-state index in [0.717, 1.165) is 10.0 Å². The Balaban J connectivity index is 2.59. The van der Waals surface area contributed by atoms with Crippen molar-refractivity contribution in [2.45, 2.75) is 19.0 Å². The van der Waals surface area contributed by atoms with Crippen molar-refractivity contribution in [3.63, 3.8) is 0 Å². The average Bonchev–Trinajstić information content (AvgIpc) is 2.40. The highest BCUT2D eigenvalue weighted by molar-refractivity contribution is 9.10. The Bertz CT molecular complexity index is 488. The zero-order valence-electron chi connectivity index (χ0n) is 11.2. The number of carboxylic acid groups (broad SMARTS) is 1. The number of nitrogens with one attached hydrogen (secondary N) is 1. The fourth-order valence-electron chi connectivity index (χ4n) is 1.58. The highest BCUT2D eigenvalue weighted by Gasteiger charge is 2.20. The molecule has 0 radical (unpaired) electrons. The lowest BCUT2D eigenvalue weighted by molar-refractivity contribution is -0.139. The summed E-state index contributed by atoms with van der Waals surface area (Å²) in [5.74, 6) is -1.07. The van der Waals surface area contributed by atoms with Gasteiger partial charge in [-0.15, -0.1) is 6.58 Å². The highest BCUT2D eigenvalue weighted by Crippen LogP contribution is 2.11. The van der Waals surface area contributed by atoms with Gasteiger partial charge in [0.25, 0.3) is 0 Å². The zero-order valence-corrected chi connectivity index (χ0v) is 12.8. The first-order chi connectivity index (χ1) is 9.43. The second-order valence-corrected chi connectivity index (χ2v) is 5.26. The molecule has 1 aromatic carbocycles. The molecule has 0 spiro atoms. The molecule has 2 amide bonds. The van der Waals surface area contributed by atoms with Crippen LogP contribution in [0.4, 0.5) is 4.79 Å². The van der Waals surface area contributed by atoms with Gasteiger partial charge in [0.2, 0.25) is 0 Å². The molecule has 1 aromatic rings. The quantitative estimate of drug-likeness (QED) is 0.782. The molecule has 0 aliphatic rings. The first-order valence-electron chi connectivity index (χ1n) is 6.03. The van der Waals surface area contributed by atoms with Gasteiger partial charge in [0, 0.05) is 18.1 Å². The summed E-state index contributed by atoms with van der Waals surface area (Å²) in [6.45, 7) is 3.88. The van der Waals surface area contributed by atoms with E-state index in [9.17, 15) is 9.59 Å². The van der Waals surface area contributed by atoms with Crippen LogP contribution in [0, 0.1) is 0 Å². The van der Waals surface area contributed by atoms with Gasteiger partial charge in [0.1, 0.15) is 6.04 Å². The minimum atomic E-state index is -1.07. The van der Waals surface area contributed by atoms with E-state index in [2.05, 4.69) is 27.8 Å². The molecule has 2 N–H and O–H groups in total. The summed E-state index contributed by atoms with van der Waals surface area (Å²) in [7, 11) is 1.62. The zero-order chi connectivity index (χ0) is 15.1. The monoisotopic (exact) mass is 340 g/mol. The van der Waals surface area contributed by atoms with E-state index >= 15 is 0 Å². The third kappa shape index (κ3) is 5.05. The molecule has 0 saturated carbocycles. The Kier molecular flexibility index (Phi) is 6.24. The normalized spacial score (nSPS) is 11.5. The van der Waals surface area contributed by atoms with Crippen LogP contribution in [0.3, 0.4) is 0 Å². The maximum absolute atomic E-state index is 11.9. The largest absolute Gasteiger partial charge is 0.480 e. The number of hydrogen-bond acceptors (Lipinski definition) is 2. The molecule has 1 atom stereocenters. The first-order valence-corrected chi connectivity index (χ1v) is 6.83. The molecule has 0 saturated heterocycles. The van der Waals surface area contributed by atoms with E-state index < -0.39 is 18.0 Å². The summed E-state index contributed by atoms with van der Waals surface area (Å²) in [5, 5.41) is 11.4. The molecule has 0 fully saturated rings.